The van der Waals surface area contributed by atoms with Gasteiger partial charge in [-0.2, -0.15) is 0 Å². The van der Waals surface area contributed by atoms with Gasteiger partial charge in [0.2, 0.25) is 0 Å². The molecule has 0 spiro atoms. The first-order chi connectivity index (χ1) is 10.2. The minimum atomic E-state index is -0.380. The van der Waals surface area contributed by atoms with Gasteiger partial charge >= 0.3 is 0 Å². The Hall–Kier alpha value is -2.50. The number of hydrogen-bond donors (Lipinski definition) is 2. The van der Waals surface area contributed by atoms with Gasteiger partial charge in [0.05, 0.1) is 12.2 Å². The summed E-state index contributed by atoms with van der Waals surface area (Å²) in [4.78, 5) is 7.94. The Balaban J connectivity index is 1.90. The van der Waals surface area contributed by atoms with E-state index in [1.807, 2.05) is 0 Å². The summed E-state index contributed by atoms with van der Waals surface area (Å²) in [6.07, 6.45) is 1.52. The number of aromatic nitrogens is 1. The molecule has 6 heteroatoms. The lowest BCUT2D eigenvalue weighted by Crippen LogP contribution is -2.36. The van der Waals surface area contributed by atoms with E-state index in [0.29, 0.717) is 17.2 Å². The third kappa shape index (κ3) is 4.24. The zero-order chi connectivity index (χ0) is 15.1. The number of aliphatic imine (C=N–C) groups is 1. The maximum absolute atomic E-state index is 13.5. The van der Waals surface area contributed by atoms with Gasteiger partial charge in [-0.05, 0) is 18.2 Å². The summed E-state index contributed by atoms with van der Waals surface area (Å²) >= 11 is 0. The Labute approximate surface area is 121 Å². The molecule has 0 atom stereocenters. The molecule has 0 aliphatic heterocycles. The Morgan fingerprint density at radius 2 is 1.76 bits per heavy atom. The second-order valence-electron chi connectivity index (χ2n) is 4.30. The van der Waals surface area contributed by atoms with Gasteiger partial charge in [0.25, 0.3) is 0 Å². The second kappa shape index (κ2) is 7.33. The molecule has 1 aromatic carbocycles. The van der Waals surface area contributed by atoms with Crippen LogP contribution in [0.15, 0.2) is 47.6 Å². The number of guanidine groups is 1. The summed E-state index contributed by atoms with van der Waals surface area (Å²) in [5.41, 5.74) is 0.829. The average molecular weight is 290 g/mol. The summed E-state index contributed by atoms with van der Waals surface area (Å²) < 4.78 is 26.9. The van der Waals surface area contributed by atoms with Crippen molar-refractivity contribution >= 4 is 5.96 Å². The number of nitrogens with zero attached hydrogens (tertiary/aromatic N) is 2. The van der Waals surface area contributed by atoms with Crippen LogP contribution in [0, 0.1) is 11.6 Å². The molecule has 4 nitrogen and oxygen atoms in total. The molecule has 0 amide bonds. The summed E-state index contributed by atoms with van der Waals surface area (Å²) in [7, 11) is 1.59. The Kier molecular flexibility index (Phi) is 5.20. The van der Waals surface area contributed by atoms with Crippen LogP contribution in [0.4, 0.5) is 8.78 Å². The average Bonchev–Trinajstić information content (AvgIpc) is 2.50. The van der Waals surface area contributed by atoms with Crippen molar-refractivity contribution in [3.63, 3.8) is 0 Å². The molecule has 0 bridgehead atoms. The lowest BCUT2D eigenvalue weighted by Gasteiger charge is -2.12. The van der Waals surface area contributed by atoms with Crippen molar-refractivity contribution in [1.29, 1.82) is 0 Å². The van der Waals surface area contributed by atoms with E-state index in [2.05, 4.69) is 20.6 Å². The maximum Gasteiger partial charge on any atom is 0.191 e. The molecule has 0 unspecified atom stereocenters. The van der Waals surface area contributed by atoms with Gasteiger partial charge in [0.15, 0.2) is 5.96 Å². The molecular weight excluding hydrogens is 274 g/mol. The molecule has 1 aromatic heterocycles. The summed E-state index contributed by atoms with van der Waals surface area (Å²) in [5.74, 6) is -0.214. The smallest absolute Gasteiger partial charge is 0.191 e. The molecule has 110 valence electrons. The maximum atomic E-state index is 13.5. The molecule has 0 fully saturated rings. The predicted molar refractivity (Wildman–Crippen MR) is 77.6 cm³/mol. The minimum absolute atomic E-state index is 0.198. The fraction of sp³-hybridized carbons (Fsp3) is 0.200. The van der Waals surface area contributed by atoms with Gasteiger partial charge in [-0.15, -0.1) is 0 Å². The van der Waals surface area contributed by atoms with Crippen molar-refractivity contribution in [1.82, 2.24) is 15.6 Å². The molecule has 2 aromatic rings. The molecule has 2 N–H and O–H groups in total. The summed E-state index contributed by atoms with van der Waals surface area (Å²) in [6.45, 7) is 0.487. The van der Waals surface area contributed by atoms with Crippen LogP contribution in [0.2, 0.25) is 0 Å². The van der Waals surface area contributed by atoms with Gasteiger partial charge in [0, 0.05) is 25.4 Å². The van der Waals surface area contributed by atoms with Crippen LogP contribution in [0.1, 0.15) is 11.3 Å². The summed E-state index contributed by atoms with van der Waals surface area (Å²) in [5, 5.41) is 5.90. The third-order valence-corrected chi connectivity index (χ3v) is 2.89. The highest BCUT2D eigenvalue weighted by Crippen LogP contribution is 2.05. The predicted octanol–water partition coefficient (Wildman–Crippen LogP) is 2.22. The zero-order valence-electron chi connectivity index (χ0n) is 11.6. The van der Waals surface area contributed by atoms with E-state index >= 15 is 0 Å². The molecule has 2 rings (SSSR count). The molecule has 1 heterocycles. The fourth-order valence-corrected chi connectivity index (χ4v) is 1.76. The fourth-order valence-electron chi connectivity index (χ4n) is 1.76. The molecule has 0 radical (unpaired) electrons. The topological polar surface area (TPSA) is 49.3 Å². The van der Waals surface area contributed by atoms with Gasteiger partial charge in [-0.1, -0.05) is 18.2 Å². The lowest BCUT2D eigenvalue weighted by molar-refractivity contribution is 0.591. The van der Waals surface area contributed by atoms with Gasteiger partial charge in [0.1, 0.15) is 11.6 Å². The van der Waals surface area contributed by atoms with Crippen molar-refractivity contribution < 1.29 is 8.78 Å². The standard InChI is InChI=1S/C15H16F2N4/c1-18-15(20-9-11-5-2-3-6-12(11)16)21-10-14-13(17)7-4-8-19-14/h2-8H,9-10H2,1H3,(H2,18,20,21). The number of benzene rings is 1. The Bertz CT molecular complexity index is 577. The monoisotopic (exact) mass is 290 g/mol. The highest BCUT2D eigenvalue weighted by Gasteiger charge is 2.05. The first-order valence-corrected chi connectivity index (χ1v) is 6.48. The SMILES string of the molecule is CN=C(NCc1ccccc1F)NCc1ncccc1F. The number of hydrogen-bond acceptors (Lipinski definition) is 2. The normalized spacial score (nSPS) is 11.3. The van der Waals surface area contributed by atoms with Gasteiger partial charge < -0.3 is 10.6 Å². The van der Waals surface area contributed by atoms with E-state index in [0.717, 1.165) is 0 Å². The van der Waals surface area contributed by atoms with E-state index < -0.39 is 0 Å². The van der Waals surface area contributed by atoms with Crippen LogP contribution in [-0.4, -0.2) is 18.0 Å². The van der Waals surface area contributed by atoms with Crippen LogP contribution < -0.4 is 10.6 Å². The van der Waals surface area contributed by atoms with Crippen LogP contribution >= 0.6 is 0 Å². The number of rotatable bonds is 4. The number of halogens is 2. The van der Waals surface area contributed by atoms with Crippen LogP contribution in [0.3, 0.4) is 0 Å². The molecule has 0 aliphatic carbocycles. The first-order valence-electron chi connectivity index (χ1n) is 6.48. The van der Waals surface area contributed by atoms with E-state index in [4.69, 9.17) is 0 Å². The highest BCUT2D eigenvalue weighted by molar-refractivity contribution is 5.79. The van der Waals surface area contributed by atoms with Crippen molar-refractivity contribution in [3.05, 3.63) is 65.5 Å². The second-order valence-corrected chi connectivity index (χ2v) is 4.30. The van der Waals surface area contributed by atoms with E-state index in [9.17, 15) is 8.78 Å². The summed E-state index contributed by atoms with van der Waals surface area (Å²) in [6, 6.07) is 9.36. The highest BCUT2D eigenvalue weighted by atomic mass is 19.1. The molecule has 0 saturated heterocycles. The minimum Gasteiger partial charge on any atom is -0.352 e. The van der Waals surface area contributed by atoms with Crippen LogP contribution in [0.5, 0.6) is 0 Å². The quantitative estimate of drug-likeness (QED) is 0.670. The van der Waals surface area contributed by atoms with Gasteiger partial charge in [-0.3, -0.25) is 9.98 Å². The van der Waals surface area contributed by atoms with Crippen LogP contribution in [0.25, 0.3) is 0 Å². The Morgan fingerprint density at radius 3 is 2.48 bits per heavy atom. The number of nitrogens with one attached hydrogen (secondary N) is 2. The largest absolute Gasteiger partial charge is 0.352 e. The van der Waals surface area contributed by atoms with Crippen LogP contribution in [-0.2, 0) is 13.1 Å². The van der Waals surface area contributed by atoms with E-state index in [-0.39, 0.29) is 24.7 Å². The van der Waals surface area contributed by atoms with Crippen molar-refractivity contribution in [2.75, 3.05) is 7.05 Å². The van der Waals surface area contributed by atoms with E-state index in [1.54, 1.807) is 25.2 Å². The van der Waals surface area contributed by atoms with Crippen molar-refractivity contribution in [2.45, 2.75) is 13.1 Å². The molecule has 0 saturated carbocycles. The molecule has 0 aliphatic rings. The van der Waals surface area contributed by atoms with Crippen molar-refractivity contribution in [3.8, 4) is 0 Å². The van der Waals surface area contributed by atoms with E-state index in [1.165, 1.54) is 24.4 Å². The lowest BCUT2D eigenvalue weighted by atomic mass is 10.2. The Morgan fingerprint density at radius 1 is 1.05 bits per heavy atom. The first kappa shape index (κ1) is 14.9. The molecular formula is C15H16F2N4. The zero-order valence-corrected chi connectivity index (χ0v) is 11.6. The third-order valence-electron chi connectivity index (χ3n) is 2.89. The molecule has 21 heavy (non-hydrogen) atoms. The number of pyridine rings is 1. The van der Waals surface area contributed by atoms with Crippen molar-refractivity contribution in [2.24, 2.45) is 4.99 Å². The van der Waals surface area contributed by atoms with Gasteiger partial charge in [-0.25, -0.2) is 8.78 Å².